The van der Waals surface area contributed by atoms with Crippen LogP contribution >= 0.6 is 35.2 Å². The fourth-order valence-corrected chi connectivity index (χ4v) is 4.66. The number of benzene rings is 1. The maximum Gasteiger partial charge on any atom is 0.267 e. The zero-order valence-corrected chi connectivity index (χ0v) is 13.4. The summed E-state index contributed by atoms with van der Waals surface area (Å²) in [6, 6.07) is 7.15. The predicted octanol–water partition coefficient (Wildman–Crippen LogP) is 4.25. The molecule has 1 aromatic carbocycles. The molecule has 2 heterocycles. The molecule has 6 heteroatoms. The summed E-state index contributed by atoms with van der Waals surface area (Å²) in [6.07, 6.45) is 3.18. The maximum atomic E-state index is 12.9. The molecule has 0 atom stereocenters. The first-order valence-corrected chi connectivity index (χ1v) is 8.31. The topological polar surface area (TPSA) is 37.8 Å². The molecule has 0 aliphatic heterocycles. The fraction of sp³-hybridized carbons (Fsp3) is 0.200. The number of aromatic nitrogens is 2. The van der Waals surface area contributed by atoms with Crippen molar-refractivity contribution in [3.8, 4) is 5.69 Å². The molecule has 0 fully saturated rings. The molecule has 106 valence electrons. The lowest BCUT2D eigenvalue weighted by atomic mass is 10.2. The summed E-state index contributed by atoms with van der Waals surface area (Å²) >= 11 is 12.9. The summed E-state index contributed by atoms with van der Waals surface area (Å²) in [7, 11) is 0. The van der Waals surface area contributed by atoms with Crippen LogP contribution in [0.1, 0.15) is 16.9 Å². The van der Waals surface area contributed by atoms with Crippen LogP contribution in [0.5, 0.6) is 0 Å². The summed E-state index contributed by atoms with van der Waals surface area (Å²) < 4.78 is 1.98. The molecule has 0 amide bonds. The highest BCUT2D eigenvalue weighted by atomic mass is 35.5. The van der Waals surface area contributed by atoms with E-state index in [1.165, 1.54) is 10.4 Å². The molecule has 3 nitrogen and oxygen atoms in total. The summed E-state index contributed by atoms with van der Waals surface area (Å²) in [5, 5.41) is 1.44. The van der Waals surface area contributed by atoms with Gasteiger partial charge in [-0.3, -0.25) is 9.36 Å². The SMILES string of the molecule is O=c1c2c3c(sc2[nH]c(=S)n1-c1ccc(Cl)cc1)CCC3. The number of rotatable bonds is 1. The van der Waals surface area contributed by atoms with E-state index in [-0.39, 0.29) is 5.56 Å². The molecule has 1 N–H and O–H groups in total. The number of hydrogen-bond acceptors (Lipinski definition) is 3. The van der Waals surface area contributed by atoms with Crippen molar-refractivity contribution in [1.82, 2.24) is 9.55 Å². The molecule has 1 aliphatic carbocycles. The molecule has 0 spiro atoms. The second kappa shape index (κ2) is 4.80. The highest BCUT2D eigenvalue weighted by molar-refractivity contribution is 7.71. The van der Waals surface area contributed by atoms with Crippen molar-refractivity contribution in [2.24, 2.45) is 0 Å². The molecule has 0 bridgehead atoms. The van der Waals surface area contributed by atoms with E-state index in [1.807, 2.05) is 12.1 Å². The fourth-order valence-electron chi connectivity index (χ4n) is 2.90. The van der Waals surface area contributed by atoms with Gasteiger partial charge < -0.3 is 4.98 Å². The van der Waals surface area contributed by atoms with Crippen molar-refractivity contribution < 1.29 is 0 Å². The van der Waals surface area contributed by atoms with Gasteiger partial charge in [-0.1, -0.05) is 11.6 Å². The number of hydrogen-bond donors (Lipinski definition) is 1. The summed E-state index contributed by atoms with van der Waals surface area (Å²) in [5.41, 5.74) is 1.91. The number of thiophene rings is 1. The van der Waals surface area contributed by atoms with Crippen molar-refractivity contribution >= 4 is 45.4 Å². The van der Waals surface area contributed by atoms with E-state index in [0.717, 1.165) is 35.2 Å². The molecular formula is C15H11ClN2OS2. The van der Waals surface area contributed by atoms with E-state index in [2.05, 4.69) is 4.98 Å². The number of aromatic amines is 1. The van der Waals surface area contributed by atoms with Gasteiger partial charge in [-0.2, -0.15) is 0 Å². The van der Waals surface area contributed by atoms with Crippen LogP contribution in [0.3, 0.4) is 0 Å². The third-order valence-electron chi connectivity index (χ3n) is 3.85. The smallest absolute Gasteiger partial charge is 0.267 e. The zero-order valence-electron chi connectivity index (χ0n) is 11.0. The van der Waals surface area contributed by atoms with Gasteiger partial charge in [0.2, 0.25) is 0 Å². The van der Waals surface area contributed by atoms with Crippen LogP contribution in [-0.4, -0.2) is 9.55 Å². The van der Waals surface area contributed by atoms with E-state index < -0.39 is 0 Å². The monoisotopic (exact) mass is 334 g/mol. The Kier molecular flexibility index (Phi) is 3.03. The molecule has 0 saturated heterocycles. The highest BCUT2D eigenvalue weighted by Crippen LogP contribution is 2.34. The lowest BCUT2D eigenvalue weighted by Crippen LogP contribution is -2.20. The van der Waals surface area contributed by atoms with E-state index in [9.17, 15) is 4.79 Å². The average molecular weight is 335 g/mol. The predicted molar refractivity (Wildman–Crippen MR) is 89.6 cm³/mol. The highest BCUT2D eigenvalue weighted by Gasteiger charge is 2.21. The first-order valence-electron chi connectivity index (χ1n) is 6.70. The van der Waals surface area contributed by atoms with Crippen molar-refractivity contribution in [3.63, 3.8) is 0 Å². The zero-order chi connectivity index (χ0) is 14.6. The van der Waals surface area contributed by atoms with Crippen molar-refractivity contribution in [1.29, 1.82) is 0 Å². The van der Waals surface area contributed by atoms with Crippen LogP contribution in [0, 0.1) is 4.77 Å². The molecule has 21 heavy (non-hydrogen) atoms. The van der Waals surface area contributed by atoms with Gasteiger partial charge >= 0.3 is 0 Å². The Morgan fingerprint density at radius 3 is 2.76 bits per heavy atom. The van der Waals surface area contributed by atoms with Crippen LogP contribution in [0.2, 0.25) is 5.02 Å². The lowest BCUT2D eigenvalue weighted by Gasteiger charge is -2.07. The second-order valence-corrected chi connectivity index (χ2v) is 7.04. The number of H-pyrrole nitrogens is 1. The van der Waals surface area contributed by atoms with E-state index in [0.29, 0.717) is 9.79 Å². The van der Waals surface area contributed by atoms with E-state index >= 15 is 0 Å². The molecule has 0 radical (unpaired) electrons. The number of fused-ring (bicyclic) bond motifs is 3. The quantitative estimate of drug-likeness (QED) is 0.675. The lowest BCUT2D eigenvalue weighted by molar-refractivity contribution is 0.910. The standard InChI is InChI=1S/C15H11ClN2OS2/c16-8-4-6-9(7-5-8)18-14(19)12-10-2-1-3-11(10)21-13(12)17-15(18)20/h4-7H,1-3H2,(H,17,20). The summed E-state index contributed by atoms with van der Waals surface area (Å²) in [5.74, 6) is 0. The Morgan fingerprint density at radius 1 is 1.24 bits per heavy atom. The Morgan fingerprint density at radius 2 is 2.00 bits per heavy atom. The maximum absolute atomic E-state index is 12.9. The number of halogens is 1. The Bertz CT molecular complexity index is 966. The van der Waals surface area contributed by atoms with Crippen LogP contribution in [-0.2, 0) is 12.8 Å². The van der Waals surface area contributed by atoms with Gasteiger partial charge in [-0.15, -0.1) is 11.3 Å². The molecule has 3 aromatic rings. The van der Waals surface area contributed by atoms with Gasteiger partial charge in [0.1, 0.15) is 4.83 Å². The van der Waals surface area contributed by atoms with Crippen molar-refractivity contribution in [2.45, 2.75) is 19.3 Å². The van der Waals surface area contributed by atoms with E-state index in [4.69, 9.17) is 23.8 Å². The van der Waals surface area contributed by atoms with Crippen molar-refractivity contribution in [3.05, 3.63) is 54.9 Å². The van der Waals surface area contributed by atoms with Gasteiger partial charge in [0, 0.05) is 9.90 Å². The van der Waals surface area contributed by atoms with Crippen LogP contribution in [0.15, 0.2) is 29.1 Å². The molecule has 0 unspecified atom stereocenters. The van der Waals surface area contributed by atoms with Crippen LogP contribution in [0.4, 0.5) is 0 Å². The van der Waals surface area contributed by atoms with Gasteiger partial charge in [0.05, 0.1) is 11.1 Å². The third kappa shape index (κ3) is 1.99. The molecular weight excluding hydrogens is 324 g/mol. The Labute approximate surface area is 134 Å². The number of nitrogens with one attached hydrogen (secondary N) is 1. The normalized spacial score (nSPS) is 13.8. The van der Waals surface area contributed by atoms with Crippen molar-refractivity contribution in [2.75, 3.05) is 0 Å². The molecule has 1 aliphatic rings. The Hall–Kier alpha value is -1.43. The summed E-state index contributed by atoms with van der Waals surface area (Å²) in [6.45, 7) is 0. The van der Waals surface area contributed by atoms with Gasteiger partial charge in [-0.25, -0.2) is 0 Å². The largest absolute Gasteiger partial charge is 0.323 e. The van der Waals surface area contributed by atoms with Gasteiger partial charge in [-0.05, 0) is 61.3 Å². The number of aryl methyl sites for hydroxylation is 2. The van der Waals surface area contributed by atoms with E-state index in [1.54, 1.807) is 28.0 Å². The van der Waals surface area contributed by atoms with Gasteiger partial charge in [0.25, 0.3) is 5.56 Å². The van der Waals surface area contributed by atoms with Crippen LogP contribution < -0.4 is 5.56 Å². The second-order valence-electron chi connectivity index (χ2n) is 5.11. The molecule has 4 rings (SSSR count). The minimum atomic E-state index is -0.0320. The Balaban J connectivity index is 2.08. The third-order valence-corrected chi connectivity index (χ3v) is 5.59. The number of nitrogens with zero attached hydrogens (tertiary/aromatic N) is 1. The molecule has 0 saturated carbocycles. The van der Waals surface area contributed by atoms with Crippen LogP contribution in [0.25, 0.3) is 15.9 Å². The van der Waals surface area contributed by atoms with Gasteiger partial charge in [0.15, 0.2) is 4.77 Å². The summed E-state index contributed by atoms with van der Waals surface area (Å²) in [4.78, 5) is 18.3. The minimum Gasteiger partial charge on any atom is -0.323 e. The first kappa shape index (κ1) is 13.2. The first-order chi connectivity index (χ1) is 10.1. The minimum absolute atomic E-state index is 0.0320. The molecule has 2 aromatic heterocycles. The average Bonchev–Trinajstić information content (AvgIpc) is 3.00.